The van der Waals surface area contributed by atoms with E-state index in [4.69, 9.17) is 5.84 Å². The van der Waals surface area contributed by atoms with Gasteiger partial charge < -0.3 is 4.57 Å². The second kappa shape index (κ2) is 6.27. The number of aromatic nitrogens is 2. The molecular weight excluding hydrogens is 248 g/mol. The summed E-state index contributed by atoms with van der Waals surface area (Å²) in [6.45, 7) is 0. The van der Waals surface area contributed by atoms with Gasteiger partial charge in [0.25, 0.3) is 0 Å². The molecule has 0 aromatic carbocycles. The van der Waals surface area contributed by atoms with Gasteiger partial charge in [-0.1, -0.05) is 25.7 Å². The molecule has 0 aliphatic heterocycles. The number of aryl methyl sites for hydroxylation is 1. The first-order valence-corrected chi connectivity index (χ1v) is 8.20. The Morgan fingerprint density at radius 3 is 2.80 bits per heavy atom. The van der Waals surface area contributed by atoms with Crippen molar-refractivity contribution in [2.75, 3.05) is 0 Å². The summed E-state index contributed by atoms with van der Waals surface area (Å²) in [6, 6.07) is 0.374. The number of rotatable bonds is 4. The molecule has 3 N–H and O–H groups in total. The molecule has 1 aromatic heterocycles. The number of imidazole rings is 1. The van der Waals surface area contributed by atoms with Gasteiger partial charge in [0.15, 0.2) is 0 Å². The zero-order valence-corrected chi connectivity index (χ0v) is 12.6. The second-order valence-electron chi connectivity index (χ2n) is 6.81. The lowest BCUT2D eigenvalue weighted by Crippen LogP contribution is -2.45. The summed E-state index contributed by atoms with van der Waals surface area (Å²) in [5, 5.41) is 0. The smallest absolute Gasteiger partial charge is 0.109 e. The molecule has 1 heterocycles. The first-order chi connectivity index (χ1) is 9.78. The molecule has 2 aliphatic rings. The van der Waals surface area contributed by atoms with Gasteiger partial charge in [0.05, 0.1) is 0 Å². The van der Waals surface area contributed by atoms with Gasteiger partial charge in [-0.3, -0.25) is 11.3 Å². The first-order valence-electron chi connectivity index (χ1n) is 8.20. The summed E-state index contributed by atoms with van der Waals surface area (Å²) in [7, 11) is 2.06. The van der Waals surface area contributed by atoms with E-state index in [0.717, 1.165) is 30.0 Å². The van der Waals surface area contributed by atoms with Crippen LogP contribution in [0.15, 0.2) is 12.4 Å². The van der Waals surface area contributed by atoms with Gasteiger partial charge in [-0.15, -0.1) is 0 Å². The molecule has 0 amide bonds. The quantitative estimate of drug-likeness (QED) is 0.656. The van der Waals surface area contributed by atoms with Crippen LogP contribution in [0.25, 0.3) is 0 Å². The summed E-state index contributed by atoms with van der Waals surface area (Å²) < 4.78 is 2.11. The summed E-state index contributed by atoms with van der Waals surface area (Å²) in [6.07, 6.45) is 14.8. The Morgan fingerprint density at radius 1 is 1.30 bits per heavy atom. The first kappa shape index (κ1) is 14.1. The van der Waals surface area contributed by atoms with Crippen molar-refractivity contribution in [1.29, 1.82) is 0 Å². The fraction of sp³-hybridized carbons (Fsp3) is 0.812. The Morgan fingerprint density at radius 2 is 2.10 bits per heavy atom. The van der Waals surface area contributed by atoms with Crippen molar-refractivity contribution >= 4 is 0 Å². The highest BCUT2D eigenvalue weighted by atomic mass is 15.2. The van der Waals surface area contributed by atoms with Crippen molar-refractivity contribution < 1.29 is 0 Å². The monoisotopic (exact) mass is 276 g/mol. The summed E-state index contributed by atoms with van der Waals surface area (Å²) in [4.78, 5) is 4.45. The molecule has 4 nitrogen and oxygen atoms in total. The molecule has 0 bridgehead atoms. The molecule has 2 fully saturated rings. The number of nitrogens with two attached hydrogens (primary N) is 1. The van der Waals surface area contributed by atoms with E-state index in [0.29, 0.717) is 6.04 Å². The van der Waals surface area contributed by atoms with Crippen molar-refractivity contribution in [3.8, 4) is 0 Å². The summed E-state index contributed by atoms with van der Waals surface area (Å²) >= 11 is 0. The van der Waals surface area contributed by atoms with Crippen LogP contribution >= 0.6 is 0 Å². The van der Waals surface area contributed by atoms with Gasteiger partial charge in [0.1, 0.15) is 5.82 Å². The van der Waals surface area contributed by atoms with E-state index < -0.39 is 0 Å². The van der Waals surface area contributed by atoms with E-state index in [2.05, 4.69) is 22.0 Å². The number of hydrogen-bond acceptors (Lipinski definition) is 3. The standard InChI is InChI=1S/C16H28N4/c1-20-9-8-18-16(20)11-15(19-17)14-7-6-12-4-2-3-5-13(12)10-14/h8-9,12-15,19H,2-7,10-11,17H2,1H3. The normalized spacial score (nSPS) is 31.8. The van der Waals surface area contributed by atoms with Crippen LogP contribution in [-0.2, 0) is 13.5 Å². The molecule has 2 aliphatic carbocycles. The van der Waals surface area contributed by atoms with E-state index in [1.54, 1.807) is 0 Å². The highest BCUT2D eigenvalue weighted by Crippen LogP contribution is 2.43. The largest absolute Gasteiger partial charge is 0.338 e. The minimum Gasteiger partial charge on any atom is -0.338 e. The van der Waals surface area contributed by atoms with Crippen LogP contribution < -0.4 is 11.3 Å². The average Bonchev–Trinajstić information content (AvgIpc) is 2.89. The zero-order valence-electron chi connectivity index (χ0n) is 12.6. The van der Waals surface area contributed by atoms with Gasteiger partial charge in [-0.2, -0.15) is 0 Å². The number of fused-ring (bicyclic) bond motifs is 1. The zero-order chi connectivity index (χ0) is 13.9. The topological polar surface area (TPSA) is 55.9 Å². The van der Waals surface area contributed by atoms with E-state index in [9.17, 15) is 0 Å². The minimum absolute atomic E-state index is 0.374. The maximum absolute atomic E-state index is 5.85. The van der Waals surface area contributed by atoms with Crippen molar-refractivity contribution in [1.82, 2.24) is 15.0 Å². The molecule has 3 rings (SSSR count). The fourth-order valence-electron chi connectivity index (χ4n) is 4.43. The number of nitrogens with zero attached hydrogens (tertiary/aromatic N) is 2. The molecule has 1 aromatic rings. The highest BCUT2D eigenvalue weighted by molar-refractivity contribution is 4.97. The molecule has 20 heavy (non-hydrogen) atoms. The molecule has 0 radical (unpaired) electrons. The van der Waals surface area contributed by atoms with Gasteiger partial charge in [-0.05, 0) is 37.0 Å². The SMILES string of the molecule is Cn1ccnc1CC(NN)C1CCC2CCCCC2C1. The third-order valence-corrected chi connectivity index (χ3v) is 5.69. The maximum Gasteiger partial charge on any atom is 0.109 e. The molecule has 0 spiro atoms. The van der Waals surface area contributed by atoms with Gasteiger partial charge in [0.2, 0.25) is 0 Å². The average molecular weight is 276 g/mol. The number of hydrazine groups is 1. The van der Waals surface area contributed by atoms with Crippen molar-refractivity contribution in [3.63, 3.8) is 0 Å². The minimum atomic E-state index is 0.374. The van der Waals surface area contributed by atoms with Crippen molar-refractivity contribution in [2.45, 2.75) is 57.4 Å². The Labute approximate surface area is 122 Å². The lowest BCUT2D eigenvalue weighted by Gasteiger charge is -2.41. The third kappa shape index (κ3) is 2.91. The van der Waals surface area contributed by atoms with Crippen LogP contribution in [0.4, 0.5) is 0 Å². The Bertz CT molecular complexity index is 428. The predicted octanol–water partition coefficient (Wildman–Crippen LogP) is 2.40. The van der Waals surface area contributed by atoms with Crippen molar-refractivity contribution in [3.05, 3.63) is 18.2 Å². The lowest BCUT2D eigenvalue weighted by molar-refractivity contribution is 0.108. The third-order valence-electron chi connectivity index (χ3n) is 5.69. The van der Waals surface area contributed by atoms with Crippen LogP contribution in [0.5, 0.6) is 0 Å². The highest BCUT2D eigenvalue weighted by Gasteiger charge is 2.35. The molecule has 4 atom stereocenters. The molecule has 2 saturated carbocycles. The molecule has 4 heteroatoms. The van der Waals surface area contributed by atoms with E-state index >= 15 is 0 Å². The van der Waals surface area contributed by atoms with Crippen LogP contribution in [0, 0.1) is 17.8 Å². The van der Waals surface area contributed by atoms with E-state index in [-0.39, 0.29) is 0 Å². The van der Waals surface area contributed by atoms with E-state index in [1.165, 1.54) is 44.9 Å². The molecular formula is C16H28N4. The maximum atomic E-state index is 5.85. The summed E-state index contributed by atoms with van der Waals surface area (Å²) in [5.74, 6) is 9.67. The molecule has 4 unspecified atom stereocenters. The second-order valence-corrected chi connectivity index (χ2v) is 6.81. The number of hydrogen-bond donors (Lipinski definition) is 2. The number of nitrogens with one attached hydrogen (secondary N) is 1. The van der Waals surface area contributed by atoms with Gasteiger partial charge >= 0.3 is 0 Å². The van der Waals surface area contributed by atoms with Crippen LogP contribution in [-0.4, -0.2) is 15.6 Å². The fourth-order valence-corrected chi connectivity index (χ4v) is 4.43. The van der Waals surface area contributed by atoms with Crippen LogP contribution in [0.3, 0.4) is 0 Å². The lowest BCUT2D eigenvalue weighted by atomic mass is 9.66. The van der Waals surface area contributed by atoms with Gasteiger partial charge in [-0.25, -0.2) is 4.98 Å². The Hall–Kier alpha value is -0.870. The van der Waals surface area contributed by atoms with Gasteiger partial charge in [0, 0.05) is 31.9 Å². The van der Waals surface area contributed by atoms with Crippen LogP contribution in [0.1, 0.15) is 50.8 Å². The molecule has 0 saturated heterocycles. The van der Waals surface area contributed by atoms with Crippen molar-refractivity contribution in [2.24, 2.45) is 30.6 Å². The van der Waals surface area contributed by atoms with Crippen LogP contribution in [0.2, 0.25) is 0 Å². The molecule has 112 valence electrons. The van der Waals surface area contributed by atoms with E-state index in [1.807, 2.05) is 12.4 Å². The Balaban J connectivity index is 1.63. The summed E-state index contributed by atoms with van der Waals surface area (Å²) in [5.41, 5.74) is 3.08. The Kier molecular flexibility index (Phi) is 4.41. The predicted molar refractivity (Wildman–Crippen MR) is 80.8 cm³/mol.